The van der Waals surface area contributed by atoms with Gasteiger partial charge in [-0.25, -0.2) is 4.98 Å². The molecule has 0 bridgehead atoms. The standard InChI is InChI=1S/C25H36N4O2S/c1-14-9-18(10-15(2)27-14)20-19(11-26-22(30)21-24(5,6)25(21,7)8)28-23(32-20)29-12-16(3)31-17(4)13-29/h9-10,16-17,21H,11-13H2,1-8H3,(H,26,30)/t16-,17+. The van der Waals surface area contributed by atoms with Gasteiger partial charge >= 0.3 is 0 Å². The van der Waals surface area contributed by atoms with Crippen LogP contribution < -0.4 is 10.2 Å². The number of hydrogen-bond donors (Lipinski definition) is 1. The zero-order chi connectivity index (χ0) is 23.4. The van der Waals surface area contributed by atoms with Crippen LogP contribution in [0, 0.1) is 30.6 Å². The number of aryl methyl sites for hydroxylation is 2. The fourth-order valence-electron chi connectivity index (χ4n) is 5.24. The molecule has 32 heavy (non-hydrogen) atoms. The van der Waals surface area contributed by atoms with E-state index in [1.165, 1.54) is 0 Å². The Balaban J connectivity index is 1.62. The van der Waals surface area contributed by atoms with Crippen molar-refractivity contribution in [2.24, 2.45) is 16.7 Å². The molecule has 7 heteroatoms. The molecule has 1 aliphatic heterocycles. The second-order valence-electron chi connectivity index (χ2n) is 10.7. The summed E-state index contributed by atoms with van der Waals surface area (Å²) < 4.78 is 5.91. The van der Waals surface area contributed by atoms with E-state index in [0.717, 1.165) is 45.7 Å². The first kappa shape index (κ1) is 23.2. The minimum atomic E-state index is 0.0204. The van der Waals surface area contributed by atoms with Crippen molar-refractivity contribution in [2.45, 2.75) is 74.1 Å². The lowest BCUT2D eigenvalue weighted by molar-refractivity contribution is -0.123. The van der Waals surface area contributed by atoms with Gasteiger partial charge in [-0.2, -0.15) is 0 Å². The van der Waals surface area contributed by atoms with Crippen molar-refractivity contribution < 1.29 is 9.53 Å². The van der Waals surface area contributed by atoms with Crippen molar-refractivity contribution in [1.29, 1.82) is 0 Å². The topological polar surface area (TPSA) is 67.3 Å². The summed E-state index contributed by atoms with van der Waals surface area (Å²) in [7, 11) is 0. The Labute approximate surface area is 195 Å². The number of aromatic nitrogens is 2. The highest BCUT2D eigenvalue weighted by atomic mass is 32.1. The molecule has 1 N–H and O–H groups in total. The molecule has 2 aromatic heterocycles. The third-order valence-electron chi connectivity index (χ3n) is 7.43. The van der Waals surface area contributed by atoms with E-state index in [-0.39, 0.29) is 34.9 Å². The average Bonchev–Trinajstić information content (AvgIpc) is 2.96. The van der Waals surface area contributed by atoms with Gasteiger partial charge in [-0.15, -0.1) is 0 Å². The summed E-state index contributed by atoms with van der Waals surface area (Å²) in [5, 5.41) is 4.18. The zero-order valence-electron chi connectivity index (χ0n) is 20.6. The third kappa shape index (κ3) is 4.17. The van der Waals surface area contributed by atoms with Crippen molar-refractivity contribution in [3.8, 4) is 10.4 Å². The van der Waals surface area contributed by atoms with E-state index in [1.54, 1.807) is 11.3 Å². The number of nitrogens with zero attached hydrogens (tertiary/aromatic N) is 3. The average molecular weight is 457 g/mol. The molecule has 0 unspecified atom stereocenters. The Morgan fingerprint density at radius 3 is 2.19 bits per heavy atom. The summed E-state index contributed by atoms with van der Waals surface area (Å²) in [6.07, 6.45) is 0.331. The maximum Gasteiger partial charge on any atom is 0.224 e. The van der Waals surface area contributed by atoms with E-state index < -0.39 is 0 Å². The number of anilines is 1. The fraction of sp³-hybridized carbons (Fsp3) is 0.640. The van der Waals surface area contributed by atoms with Gasteiger partial charge in [0.2, 0.25) is 5.91 Å². The second kappa shape index (κ2) is 8.10. The van der Waals surface area contributed by atoms with Crippen LogP contribution in [0.25, 0.3) is 10.4 Å². The fourth-order valence-corrected chi connectivity index (χ4v) is 6.33. The molecule has 1 saturated heterocycles. The van der Waals surface area contributed by atoms with Gasteiger partial charge in [0.25, 0.3) is 0 Å². The Morgan fingerprint density at radius 2 is 1.66 bits per heavy atom. The summed E-state index contributed by atoms with van der Waals surface area (Å²) in [5.74, 6) is 0.152. The van der Waals surface area contributed by atoms with Gasteiger partial charge in [-0.3, -0.25) is 9.78 Å². The highest BCUT2D eigenvalue weighted by molar-refractivity contribution is 7.19. The summed E-state index contributed by atoms with van der Waals surface area (Å²) in [6, 6.07) is 4.21. The number of morpholine rings is 1. The number of rotatable bonds is 5. The van der Waals surface area contributed by atoms with E-state index in [2.05, 4.69) is 68.9 Å². The lowest BCUT2D eigenvalue weighted by Crippen LogP contribution is -2.45. The quantitative estimate of drug-likeness (QED) is 0.704. The van der Waals surface area contributed by atoms with Crippen LogP contribution >= 0.6 is 11.3 Å². The van der Waals surface area contributed by atoms with Gasteiger partial charge in [0.15, 0.2) is 5.13 Å². The molecular formula is C25H36N4O2S. The van der Waals surface area contributed by atoms with Gasteiger partial charge < -0.3 is 15.0 Å². The van der Waals surface area contributed by atoms with Crippen LogP contribution in [-0.2, 0) is 16.1 Å². The van der Waals surface area contributed by atoms with E-state index in [1.807, 2.05) is 13.8 Å². The summed E-state index contributed by atoms with van der Waals surface area (Å²) in [4.78, 5) is 26.0. The molecule has 2 atom stereocenters. The summed E-state index contributed by atoms with van der Waals surface area (Å²) in [6.45, 7) is 19.0. The van der Waals surface area contributed by atoms with Gasteiger partial charge in [-0.05, 0) is 56.2 Å². The number of amides is 1. The Morgan fingerprint density at radius 1 is 1.09 bits per heavy atom. The van der Waals surface area contributed by atoms with Crippen LogP contribution in [0.5, 0.6) is 0 Å². The molecule has 4 rings (SSSR count). The lowest BCUT2D eigenvalue weighted by Gasteiger charge is -2.35. The van der Waals surface area contributed by atoms with E-state index in [4.69, 9.17) is 9.72 Å². The maximum atomic E-state index is 13.0. The molecule has 0 spiro atoms. The number of hydrogen-bond acceptors (Lipinski definition) is 6. The van der Waals surface area contributed by atoms with Gasteiger partial charge in [0, 0.05) is 30.4 Å². The SMILES string of the molecule is Cc1cc(-c2sc(N3C[C@@H](C)O[C@@H](C)C3)nc2CNC(=O)C2C(C)(C)C2(C)C)cc(C)n1. The van der Waals surface area contributed by atoms with Gasteiger partial charge in [0.05, 0.1) is 29.3 Å². The van der Waals surface area contributed by atoms with Crippen molar-refractivity contribution in [1.82, 2.24) is 15.3 Å². The van der Waals surface area contributed by atoms with Crippen LogP contribution in [0.2, 0.25) is 0 Å². The smallest absolute Gasteiger partial charge is 0.224 e. The Kier molecular flexibility index (Phi) is 5.87. The van der Waals surface area contributed by atoms with Crippen molar-refractivity contribution in [2.75, 3.05) is 18.0 Å². The number of carbonyl (C=O) groups is 1. The molecule has 174 valence electrons. The molecule has 0 aromatic carbocycles. The molecule has 1 amide bonds. The highest BCUT2D eigenvalue weighted by Crippen LogP contribution is 2.68. The van der Waals surface area contributed by atoms with Crippen molar-refractivity contribution in [3.63, 3.8) is 0 Å². The molecule has 2 fully saturated rings. The zero-order valence-corrected chi connectivity index (χ0v) is 21.4. The Hall–Kier alpha value is -1.99. The summed E-state index contributed by atoms with van der Waals surface area (Å²) >= 11 is 1.70. The molecule has 2 aliphatic rings. The highest BCUT2D eigenvalue weighted by Gasteiger charge is 2.68. The lowest BCUT2D eigenvalue weighted by atomic mass is 10.0. The number of thiazole rings is 1. The van der Waals surface area contributed by atoms with E-state index in [9.17, 15) is 4.79 Å². The largest absolute Gasteiger partial charge is 0.372 e. The molecule has 0 radical (unpaired) electrons. The van der Waals surface area contributed by atoms with Crippen LogP contribution in [0.15, 0.2) is 12.1 Å². The summed E-state index contributed by atoms with van der Waals surface area (Å²) in [5.41, 5.74) is 4.05. The first-order valence-corrected chi connectivity index (χ1v) is 12.3. The Bertz CT molecular complexity index is 985. The molecular weight excluding hydrogens is 420 g/mol. The van der Waals surface area contributed by atoms with Crippen molar-refractivity contribution >= 4 is 22.4 Å². The number of ether oxygens (including phenoxy) is 1. The van der Waals surface area contributed by atoms with Crippen LogP contribution in [0.3, 0.4) is 0 Å². The molecule has 1 saturated carbocycles. The molecule has 3 heterocycles. The van der Waals surface area contributed by atoms with Crippen LogP contribution in [0.4, 0.5) is 5.13 Å². The van der Waals surface area contributed by atoms with Gasteiger partial charge in [0.1, 0.15) is 0 Å². The predicted octanol–water partition coefficient (Wildman–Crippen LogP) is 4.73. The van der Waals surface area contributed by atoms with Gasteiger partial charge in [-0.1, -0.05) is 39.0 Å². The molecule has 2 aromatic rings. The first-order chi connectivity index (χ1) is 14.9. The van der Waals surface area contributed by atoms with Crippen molar-refractivity contribution in [3.05, 3.63) is 29.2 Å². The number of carbonyl (C=O) groups excluding carboxylic acids is 1. The minimum absolute atomic E-state index is 0.0204. The predicted molar refractivity (Wildman–Crippen MR) is 130 cm³/mol. The van der Waals surface area contributed by atoms with E-state index >= 15 is 0 Å². The van der Waals surface area contributed by atoms with Crippen LogP contribution in [0.1, 0.15) is 58.6 Å². The number of pyridine rings is 1. The monoisotopic (exact) mass is 456 g/mol. The molecule has 6 nitrogen and oxygen atoms in total. The number of nitrogens with one attached hydrogen (secondary N) is 1. The second-order valence-corrected chi connectivity index (χ2v) is 11.6. The normalized spacial score (nSPS) is 24.4. The molecule has 1 aliphatic carbocycles. The minimum Gasteiger partial charge on any atom is -0.372 e. The maximum absolute atomic E-state index is 13.0. The van der Waals surface area contributed by atoms with Crippen LogP contribution in [-0.4, -0.2) is 41.2 Å². The first-order valence-electron chi connectivity index (χ1n) is 11.5. The third-order valence-corrected chi connectivity index (χ3v) is 8.64. The van der Waals surface area contributed by atoms with E-state index in [0.29, 0.717) is 6.54 Å².